The summed E-state index contributed by atoms with van der Waals surface area (Å²) in [5, 5.41) is 5.79. The van der Waals surface area contributed by atoms with Gasteiger partial charge >= 0.3 is 6.18 Å². The van der Waals surface area contributed by atoms with Crippen LogP contribution in [0.15, 0.2) is 66.1 Å². The molecule has 4 aromatic rings. The lowest BCUT2D eigenvalue weighted by Gasteiger charge is -2.13. The second-order valence-electron chi connectivity index (χ2n) is 8.15. The van der Waals surface area contributed by atoms with Crippen molar-refractivity contribution in [2.24, 2.45) is 0 Å². The monoisotopic (exact) mass is 538 g/mol. The van der Waals surface area contributed by atoms with Crippen LogP contribution < -0.4 is 10.6 Å². The van der Waals surface area contributed by atoms with Crippen molar-refractivity contribution >= 4 is 35.1 Å². The number of thioether (sulfide) groups is 1. The summed E-state index contributed by atoms with van der Waals surface area (Å²) >= 11 is 1.35. The molecule has 0 unspecified atom stereocenters. The SMILES string of the molecule is CSc1nc(-c2ccnc(NC(C)=O)c2)cc(-c2cc(NC(=O)c3ccnc(C(F)(F)F)c3)ccc2C)n1. The molecule has 3 aromatic heterocycles. The Kier molecular flexibility index (Phi) is 7.72. The maximum Gasteiger partial charge on any atom is 0.433 e. The van der Waals surface area contributed by atoms with Gasteiger partial charge in [0.15, 0.2) is 5.16 Å². The maximum atomic E-state index is 13.0. The minimum absolute atomic E-state index is 0.170. The maximum absolute atomic E-state index is 13.0. The van der Waals surface area contributed by atoms with E-state index in [0.29, 0.717) is 45.2 Å². The first-order valence-corrected chi connectivity index (χ1v) is 12.4. The fourth-order valence-electron chi connectivity index (χ4n) is 3.55. The molecule has 0 bridgehead atoms. The van der Waals surface area contributed by atoms with Crippen molar-refractivity contribution in [2.75, 3.05) is 16.9 Å². The van der Waals surface area contributed by atoms with Crippen molar-refractivity contribution in [1.82, 2.24) is 19.9 Å². The summed E-state index contributed by atoms with van der Waals surface area (Å²) in [6.45, 7) is 3.27. The third-order valence-electron chi connectivity index (χ3n) is 5.33. The standard InChI is InChI=1S/C26H21F3N6O2S/c1-14-4-5-18(33-24(37)17-7-8-30-22(10-17)26(27,28)29)12-19(14)21-13-20(34-25(35-21)38-3)16-6-9-31-23(11-16)32-15(2)36/h4-13H,1-3H3,(H,33,37)(H,31,32,36). The molecule has 0 radical (unpaired) electrons. The third-order valence-corrected chi connectivity index (χ3v) is 5.88. The molecular weight excluding hydrogens is 517 g/mol. The van der Waals surface area contributed by atoms with Crippen LogP contribution in [0, 0.1) is 6.92 Å². The normalized spacial score (nSPS) is 11.2. The third kappa shape index (κ3) is 6.32. The number of benzene rings is 1. The van der Waals surface area contributed by atoms with Crippen LogP contribution in [-0.2, 0) is 11.0 Å². The quantitative estimate of drug-likeness (QED) is 0.234. The predicted molar refractivity (Wildman–Crippen MR) is 139 cm³/mol. The highest BCUT2D eigenvalue weighted by Crippen LogP contribution is 2.31. The Balaban J connectivity index is 1.68. The van der Waals surface area contributed by atoms with E-state index in [2.05, 4.69) is 30.6 Å². The minimum atomic E-state index is -4.66. The van der Waals surface area contributed by atoms with Crippen molar-refractivity contribution in [3.8, 4) is 22.5 Å². The topological polar surface area (TPSA) is 110 Å². The molecule has 8 nitrogen and oxygen atoms in total. The molecule has 1 aromatic carbocycles. The van der Waals surface area contributed by atoms with E-state index >= 15 is 0 Å². The highest BCUT2D eigenvalue weighted by Gasteiger charge is 2.33. The molecule has 2 N–H and O–H groups in total. The Morgan fingerprint density at radius 3 is 2.34 bits per heavy atom. The molecule has 0 atom stereocenters. The first-order chi connectivity index (χ1) is 18.0. The molecule has 0 aliphatic heterocycles. The van der Waals surface area contributed by atoms with Crippen LogP contribution >= 0.6 is 11.8 Å². The summed E-state index contributed by atoms with van der Waals surface area (Å²) in [7, 11) is 0. The van der Waals surface area contributed by atoms with Gasteiger partial charge in [-0.3, -0.25) is 14.6 Å². The van der Waals surface area contributed by atoms with Gasteiger partial charge < -0.3 is 10.6 Å². The summed E-state index contributed by atoms with van der Waals surface area (Å²) in [4.78, 5) is 40.8. The lowest BCUT2D eigenvalue weighted by molar-refractivity contribution is -0.141. The molecule has 3 heterocycles. The number of rotatable bonds is 6. The highest BCUT2D eigenvalue weighted by atomic mass is 32.2. The van der Waals surface area contributed by atoms with Gasteiger partial charge in [-0.15, -0.1) is 0 Å². The van der Waals surface area contributed by atoms with E-state index < -0.39 is 17.8 Å². The fourth-order valence-corrected chi connectivity index (χ4v) is 3.93. The van der Waals surface area contributed by atoms with Gasteiger partial charge in [0, 0.05) is 41.7 Å². The lowest BCUT2D eigenvalue weighted by atomic mass is 10.0. The number of anilines is 2. The zero-order chi connectivity index (χ0) is 27.4. The van der Waals surface area contributed by atoms with Gasteiger partial charge in [-0.05, 0) is 61.2 Å². The van der Waals surface area contributed by atoms with Crippen molar-refractivity contribution in [3.05, 3.63) is 77.7 Å². The number of aromatic nitrogens is 4. The molecule has 194 valence electrons. The summed E-state index contributed by atoms with van der Waals surface area (Å²) in [6.07, 6.45) is -0.316. The van der Waals surface area contributed by atoms with E-state index in [0.717, 1.165) is 11.8 Å². The lowest BCUT2D eigenvalue weighted by Crippen LogP contribution is -2.15. The number of pyridine rings is 2. The van der Waals surface area contributed by atoms with Gasteiger partial charge in [-0.1, -0.05) is 17.8 Å². The van der Waals surface area contributed by atoms with Crippen LogP contribution in [-0.4, -0.2) is 38.0 Å². The number of carbonyl (C=O) groups is 2. The van der Waals surface area contributed by atoms with Crippen LogP contribution in [0.4, 0.5) is 24.7 Å². The molecule has 0 aliphatic carbocycles. The summed E-state index contributed by atoms with van der Waals surface area (Å²) in [6, 6.07) is 12.3. The largest absolute Gasteiger partial charge is 0.433 e. The van der Waals surface area contributed by atoms with Crippen LogP contribution in [0.2, 0.25) is 0 Å². The second kappa shape index (κ2) is 11.0. The van der Waals surface area contributed by atoms with Gasteiger partial charge in [0.2, 0.25) is 5.91 Å². The number of halogens is 3. The molecule has 0 fully saturated rings. The van der Waals surface area contributed by atoms with E-state index in [-0.39, 0.29) is 11.5 Å². The Hall–Kier alpha value is -4.32. The molecule has 0 spiro atoms. The van der Waals surface area contributed by atoms with Gasteiger partial charge in [0.25, 0.3) is 5.91 Å². The Bertz CT molecular complexity index is 1530. The van der Waals surface area contributed by atoms with E-state index in [9.17, 15) is 22.8 Å². The van der Waals surface area contributed by atoms with Crippen LogP contribution in [0.25, 0.3) is 22.5 Å². The van der Waals surface area contributed by atoms with Gasteiger partial charge in [0.1, 0.15) is 11.5 Å². The van der Waals surface area contributed by atoms with Crippen molar-refractivity contribution in [2.45, 2.75) is 25.2 Å². The van der Waals surface area contributed by atoms with Crippen LogP contribution in [0.5, 0.6) is 0 Å². The summed E-state index contributed by atoms with van der Waals surface area (Å²) in [5.74, 6) is -0.576. The number of hydrogen-bond acceptors (Lipinski definition) is 7. The van der Waals surface area contributed by atoms with Crippen molar-refractivity contribution in [1.29, 1.82) is 0 Å². The molecule has 38 heavy (non-hydrogen) atoms. The zero-order valence-corrected chi connectivity index (χ0v) is 21.2. The minimum Gasteiger partial charge on any atom is -0.322 e. The molecular formula is C26H21F3N6O2S. The van der Waals surface area contributed by atoms with E-state index in [4.69, 9.17) is 0 Å². The van der Waals surface area contributed by atoms with Crippen LogP contribution in [0.1, 0.15) is 28.5 Å². The molecule has 0 aliphatic rings. The number of aryl methyl sites for hydroxylation is 1. The average Bonchev–Trinajstić information content (AvgIpc) is 2.88. The van der Waals surface area contributed by atoms with E-state index in [1.165, 1.54) is 24.8 Å². The molecule has 0 saturated heterocycles. The number of amides is 2. The second-order valence-corrected chi connectivity index (χ2v) is 8.92. The molecule has 12 heteroatoms. The number of hydrogen-bond donors (Lipinski definition) is 2. The number of nitrogens with zero attached hydrogens (tertiary/aromatic N) is 4. The number of carbonyl (C=O) groups excluding carboxylic acids is 2. The smallest absolute Gasteiger partial charge is 0.322 e. The average molecular weight is 539 g/mol. The Morgan fingerprint density at radius 1 is 0.895 bits per heavy atom. The Morgan fingerprint density at radius 2 is 1.63 bits per heavy atom. The molecule has 2 amide bonds. The first-order valence-electron chi connectivity index (χ1n) is 11.2. The number of alkyl halides is 3. The summed E-state index contributed by atoms with van der Waals surface area (Å²) in [5.41, 5.74) is 2.50. The van der Waals surface area contributed by atoms with E-state index in [1.54, 1.807) is 42.6 Å². The first kappa shape index (κ1) is 26.7. The predicted octanol–water partition coefficient (Wildman–Crippen LogP) is 5.86. The molecule has 4 rings (SSSR count). The van der Waals surface area contributed by atoms with Gasteiger partial charge in [0.05, 0.1) is 11.4 Å². The van der Waals surface area contributed by atoms with Crippen LogP contribution in [0.3, 0.4) is 0 Å². The zero-order valence-electron chi connectivity index (χ0n) is 20.4. The van der Waals surface area contributed by atoms with E-state index in [1.807, 2.05) is 13.2 Å². The number of nitrogens with one attached hydrogen (secondary N) is 2. The van der Waals surface area contributed by atoms with Crippen molar-refractivity contribution in [3.63, 3.8) is 0 Å². The van der Waals surface area contributed by atoms with Crippen molar-refractivity contribution < 1.29 is 22.8 Å². The van der Waals surface area contributed by atoms with Gasteiger partial charge in [-0.25, -0.2) is 15.0 Å². The fraction of sp³-hybridized carbons (Fsp3) is 0.154. The van der Waals surface area contributed by atoms with Gasteiger partial charge in [-0.2, -0.15) is 13.2 Å². The highest BCUT2D eigenvalue weighted by molar-refractivity contribution is 7.98. The molecule has 0 saturated carbocycles. The Labute approximate surface area is 220 Å². The summed E-state index contributed by atoms with van der Waals surface area (Å²) < 4.78 is 39.0.